The highest BCUT2D eigenvalue weighted by atomic mass is 35.5. The standard InChI is InChI=1S/C25H26ClN5O2/c1-25(2,3)19-7-9-21(10-8-19)33-17-31-13-11-22(28-31)24(32)27-23-12-14-30(29-23)16-18-5-4-6-20(26)15-18/h4-15H,16-17H2,1-3H3,(H,27,29,32). The van der Waals surface area contributed by atoms with Gasteiger partial charge in [-0.15, -0.1) is 0 Å². The van der Waals surface area contributed by atoms with Crippen LogP contribution in [0.15, 0.2) is 73.1 Å². The number of ether oxygens (including phenoxy) is 1. The summed E-state index contributed by atoms with van der Waals surface area (Å²) in [6.45, 7) is 7.27. The summed E-state index contributed by atoms with van der Waals surface area (Å²) in [6.07, 6.45) is 3.50. The number of hydrogen-bond donors (Lipinski definition) is 1. The van der Waals surface area contributed by atoms with E-state index in [0.29, 0.717) is 17.4 Å². The summed E-state index contributed by atoms with van der Waals surface area (Å²) in [5.74, 6) is 0.859. The zero-order valence-corrected chi connectivity index (χ0v) is 19.6. The van der Waals surface area contributed by atoms with Crippen molar-refractivity contribution in [2.75, 3.05) is 5.32 Å². The summed E-state index contributed by atoms with van der Waals surface area (Å²) in [6, 6.07) is 19.0. The first-order valence-corrected chi connectivity index (χ1v) is 11.0. The fourth-order valence-electron chi connectivity index (χ4n) is 3.27. The van der Waals surface area contributed by atoms with Crippen molar-refractivity contribution in [1.82, 2.24) is 19.6 Å². The molecule has 4 rings (SSSR count). The number of nitrogens with one attached hydrogen (secondary N) is 1. The van der Waals surface area contributed by atoms with E-state index in [4.69, 9.17) is 16.3 Å². The van der Waals surface area contributed by atoms with Gasteiger partial charge in [0.25, 0.3) is 5.91 Å². The van der Waals surface area contributed by atoms with Gasteiger partial charge in [-0.25, -0.2) is 4.68 Å². The van der Waals surface area contributed by atoms with Crippen LogP contribution in [0.2, 0.25) is 5.02 Å². The highest BCUT2D eigenvalue weighted by Gasteiger charge is 2.14. The van der Waals surface area contributed by atoms with Crippen LogP contribution in [-0.2, 0) is 18.7 Å². The predicted octanol–water partition coefficient (Wildman–Crippen LogP) is 5.37. The maximum absolute atomic E-state index is 12.6. The topological polar surface area (TPSA) is 74.0 Å². The molecule has 0 saturated carbocycles. The summed E-state index contributed by atoms with van der Waals surface area (Å²) in [5, 5.41) is 12.1. The molecule has 0 unspecified atom stereocenters. The molecule has 0 saturated heterocycles. The number of carbonyl (C=O) groups is 1. The minimum absolute atomic E-state index is 0.0911. The Kier molecular flexibility index (Phi) is 6.51. The fourth-order valence-corrected chi connectivity index (χ4v) is 3.48. The molecule has 1 N–H and O–H groups in total. The Labute approximate surface area is 197 Å². The zero-order chi connectivity index (χ0) is 23.4. The average Bonchev–Trinajstić information content (AvgIpc) is 3.42. The van der Waals surface area contributed by atoms with Crippen LogP contribution in [-0.4, -0.2) is 25.5 Å². The average molecular weight is 464 g/mol. The van der Waals surface area contributed by atoms with Gasteiger partial charge in [0.1, 0.15) is 5.75 Å². The van der Waals surface area contributed by atoms with E-state index in [1.165, 1.54) is 5.56 Å². The van der Waals surface area contributed by atoms with E-state index < -0.39 is 0 Å². The third-order valence-corrected chi connectivity index (χ3v) is 5.31. The number of aromatic nitrogens is 4. The molecule has 4 aromatic rings. The molecule has 170 valence electrons. The Bertz CT molecular complexity index is 1240. The molecule has 2 aromatic carbocycles. The van der Waals surface area contributed by atoms with Crippen molar-refractivity contribution in [3.63, 3.8) is 0 Å². The van der Waals surface area contributed by atoms with Gasteiger partial charge < -0.3 is 10.1 Å². The second-order valence-corrected chi connectivity index (χ2v) is 9.21. The first-order chi connectivity index (χ1) is 15.8. The minimum Gasteiger partial charge on any atom is -0.471 e. The van der Waals surface area contributed by atoms with Gasteiger partial charge in [-0.2, -0.15) is 10.2 Å². The molecule has 0 bridgehead atoms. The second kappa shape index (κ2) is 9.50. The molecule has 0 aliphatic carbocycles. The quantitative estimate of drug-likeness (QED) is 0.400. The van der Waals surface area contributed by atoms with E-state index in [-0.39, 0.29) is 23.7 Å². The van der Waals surface area contributed by atoms with Crippen LogP contribution in [0.3, 0.4) is 0 Å². The van der Waals surface area contributed by atoms with Gasteiger partial charge >= 0.3 is 0 Å². The number of nitrogens with zero attached hydrogens (tertiary/aromatic N) is 4. The van der Waals surface area contributed by atoms with Gasteiger partial charge in [-0.3, -0.25) is 9.48 Å². The molecule has 1 amide bonds. The number of benzene rings is 2. The second-order valence-electron chi connectivity index (χ2n) is 8.77. The molecule has 0 aliphatic rings. The fraction of sp³-hybridized carbons (Fsp3) is 0.240. The van der Waals surface area contributed by atoms with Crippen LogP contribution >= 0.6 is 11.6 Å². The molecular weight excluding hydrogens is 438 g/mol. The number of hydrogen-bond acceptors (Lipinski definition) is 4. The van der Waals surface area contributed by atoms with Gasteiger partial charge in [0.15, 0.2) is 18.2 Å². The molecule has 0 radical (unpaired) electrons. The normalized spacial score (nSPS) is 11.4. The predicted molar refractivity (Wildman–Crippen MR) is 129 cm³/mol. The van der Waals surface area contributed by atoms with E-state index in [0.717, 1.165) is 11.3 Å². The van der Waals surface area contributed by atoms with Crippen LogP contribution in [0.25, 0.3) is 0 Å². The van der Waals surface area contributed by atoms with Crippen LogP contribution < -0.4 is 10.1 Å². The largest absolute Gasteiger partial charge is 0.471 e. The van der Waals surface area contributed by atoms with Gasteiger partial charge in [0, 0.05) is 23.5 Å². The van der Waals surface area contributed by atoms with Crippen molar-refractivity contribution >= 4 is 23.3 Å². The van der Waals surface area contributed by atoms with Crippen LogP contribution in [0.1, 0.15) is 42.4 Å². The number of halogens is 1. The van der Waals surface area contributed by atoms with Crippen molar-refractivity contribution in [3.8, 4) is 5.75 Å². The lowest BCUT2D eigenvalue weighted by molar-refractivity contribution is 0.101. The SMILES string of the molecule is CC(C)(C)c1ccc(OCn2ccc(C(=O)Nc3ccn(Cc4cccc(Cl)c4)n3)n2)cc1. The summed E-state index contributed by atoms with van der Waals surface area (Å²) < 4.78 is 9.09. The van der Waals surface area contributed by atoms with E-state index in [1.807, 2.05) is 36.4 Å². The van der Waals surface area contributed by atoms with Gasteiger partial charge in [-0.05, 0) is 46.9 Å². The van der Waals surface area contributed by atoms with E-state index in [2.05, 4.69) is 48.4 Å². The van der Waals surface area contributed by atoms with E-state index >= 15 is 0 Å². The molecule has 2 aromatic heterocycles. The summed E-state index contributed by atoms with van der Waals surface area (Å²) in [4.78, 5) is 12.6. The summed E-state index contributed by atoms with van der Waals surface area (Å²) >= 11 is 6.03. The van der Waals surface area contributed by atoms with Crippen molar-refractivity contribution in [3.05, 3.63) is 94.9 Å². The Hall–Kier alpha value is -3.58. The molecule has 0 fully saturated rings. The lowest BCUT2D eigenvalue weighted by Gasteiger charge is -2.19. The summed E-state index contributed by atoms with van der Waals surface area (Å²) in [7, 11) is 0. The zero-order valence-electron chi connectivity index (χ0n) is 18.8. The lowest BCUT2D eigenvalue weighted by Crippen LogP contribution is -2.15. The number of anilines is 1. The smallest absolute Gasteiger partial charge is 0.277 e. The Morgan fingerprint density at radius 1 is 1.00 bits per heavy atom. The van der Waals surface area contributed by atoms with Crippen LogP contribution in [0.4, 0.5) is 5.82 Å². The van der Waals surface area contributed by atoms with Crippen molar-refractivity contribution in [2.24, 2.45) is 0 Å². The molecule has 8 heteroatoms. The van der Waals surface area contributed by atoms with Gasteiger partial charge in [-0.1, -0.05) is 56.6 Å². The Morgan fingerprint density at radius 3 is 2.48 bits per heavy atom. The number of amides is 1. The highest BCUT2D eigenvalue weighted by molar-refractivity contribution is 6.30. The van der Waals surface area contributed by atoms with Crippen LogP contribution in [0.5, 0.6) is 5.75 Å². The molecule has 0 atom stereocenters. The van der Waals surface area contributed by atoms with Gasteiger partial charge in [0.05, 0.1) is 6.54 Å². The van der Waals surface area contributed by atoms with Crippen molar-refractivity contribution in [1.29, 1.82) is 0 Å². The minimum atomic E-state index is -0.337. The third kappa shape index (κ3) is 6.02. The molecule has 0 aliphatic heterocycles. The molecule has 7 nitrogen and oxygen atoms in total. The first-order valence-electron chi connectivity index (χ1n) is 10.6. The Morgan fingerprint density at radius 2 is 1.76 bits per heavy atom. The molecule has 2 heterocycles. The van der Waals surface area contributed by atoms with Gasteiger partial charge in [0.2, 0.25) is 0 Å². The van der Waals surface area contributed by atoms with Crippen molar-refractivity contribution in [2.45, 2.75) is 39.5 Å². The first kappa shape index (κ1) is 22.6. The van der Waals surface area contributed by atoms with Crippen LogP contribution in [0, 0.1) is 0 Å². The third-order valence-electron chi connectivity index (χ3n) is 5.07. The van der Waals surface area contributed by atoms with E-state index in [9.17, 15) is 4.79 Å². The van der Waals surface area contributed by atoms with Crippen molar-refractivity contribution < 1.29 is 9.53 Å². The highest BCUT2D eigenvalue weighted by Crippen LogP contribution is 2.24. The lowest BCUT2D eigenvalue weighted by atomic mass is 9.87. The molecular formula is C25H26ClN5O2. The Balaban J connectivity index is 1.31. The molecule has 0 spiro atoms. The molecule has 33 heavy (non-hydrogen) atoms. The number of carbonyl (C=O) groups excluding carboxylic acids is 1. The van der Waals surface area contributed by atoms with E-state index in [1.54, 1.807) is 33.9 Å². The maximum Gasteiger partial charge on any atom is 0.277 e. The summed E-state index contributed by atoms with van der Waals surface area (Å²) in [5.41, 5.74) is 2.64. The maximum atomic E-state index is 12.6. The monoisotopic (exact) mass is 463 g/mol. The number of rotatable bonds is 7.